The van der Waals surface area contributed by atoms with E-state index in [1.165, 1.54) is 18.6 Å². The Kier molecular flexibility index (Phi) is 3.84. The quantitative estimate of drug-likeness (QED) is 0.895. The highest BCUT2D eigenvalue weighted by Gasteiger charge is 2.24. The van der Waals surface area contributed by atoms with Crippen molar-refractivity contribution >= 4 is 5.97 Å². The molecule has 1 aliphatic rings. The van der Waals surface area contributed by atoms with E-state index in [1.54, 1.807) is 0 Å². The van der Waals surface area contributed by atoms with Crippen LogP contribution in [0.2, 0.25) is 0 Å². The Morgan fingerprint density at radius 1 is 1.39 bits per heavy atom. The second-order valence-corrected chi connectivity index (χ2v) is 4.87. The third kappa shape index (κ3) is 2.81. The average molecular weight is 252 g/mol. The molecule has 0 radical (unpaired) electrons. The molecule has 0 aromatic heterocycles. The molecule has 0 spiro atoms. The lowest BCUT2D eigenvalue weighted by Gasteiger charge is -2.29. The summed E-state index contributed by atoms with van der Waals surface area (Å²) in [5, 5.41) is 8.76. The van der Waals surface area contributed by atoms with Gasteiger partial charge in [0.05, 0.1) is 5.56 Å². The highest BCUT2D eigenvalue weighted by atomic mass is 19.1. The van der Waals surface area contributed by atoms with Crippen molar-refractivity contribution in [1.82, 2.24) is 0 Å². The Morgan fingerprint density at radius 3 is 2.72 bits per heavy atom. The van der Waals surface area contributed by atoms with Gasteiger partial charge in [-0.15, -0.1) is 0 Å². The molecule has 3 nitrogen and oxygen atoms in total. The lowest BCUT2D eigenvalue weighted by Crippen LogP contribution is -2.28. The minimum Gasteiger partial charge on any atom is -0.487 e. The maximum Gasteiger partial charge on any atom is 0.335 e. The lowest BCUT2D eigenvalue weighted by molar-refractivity contribution is 0.0695. The molecule has 0 aliphatic heterocycles. The van der Waals surface area contributed by atoms with Gasteiger partial charge in [0, 0.05) is 0 Å². The summed E-state index contributed by atoms with van der Waals surface area (Å²) in [5.41, 5.74) is -0.0588. The first-order chi connectivity index (χ1) is 8.58. The summed E-state index contributed by atoms with van der Waals surface area (Å²) < 4.78 is 19.4. The van der Waals surface area contributed by atoms with Gasteiger partial charge < -0.3 is 9.84 Å². The SMILES string of the molecule is CC1CCCCC1Oc1ccc(C(=O)O)cc1F. The molecule has 2 atom stereocenters. The zero-order chi connectivity index (χ0) is 13.1. The number of halogens is 1. The van der Waals surface area contributed by atoms with Crippen molar-refractivity contribution in [1.29, 1.82) is 0 Å². The monoisotopic (exact) mass is 252 g/mol. The van der Waals surface area contributed by atoms with E-state index in [0.717, 1.165) is 25.3 Å². The molecule has 98 valence electrons. The van der Waals surface area contributed by atoms with Crippen molar-refractivity contribution in [2.24, 2.45) is 5.92 Å². The predicted octanol–water partition coefficient (Wildman–Crippen LogP) is 3.48. The molecule has 0 amide bonds. The van der Waals surface area contributed by atoms with Crippen LogP contribution in [-0.4, -0.2) is 17.2 Å². The predicted molar refractivity (Wildman–Crippen MR) is 65.4 cm³/mol. The van der Waals surface area contributed by atoms with Crippen LogP contribution in [-0.2, 0) is 0 Å². The van der Waals surface area contributed by atoms with E-state index in [-0.39, 0.29) is 17.4 Å². The second kappa shape index (κ2) is 5.38. The number of hydrogen-bond acceptors (Lipinski definition) is 2. The highest BCUT2D eigenvalue weighted by molar-refractivity contribution is 5.87. The van der Waals surface area contributed by atoms with Crippen molar-refractivity contribution in [3.63, 3.8) is 0 Å². The fourth-order valence-corrected chi connectivity index (χ4v) is 2.35. The summed E-state index contributed by atoms with van der Waals surface area (Å²) in [4.78, 5) is 10.7. The van der Waals surface area contributed by atoms with Gasteiger partial charge in [0.25, 0.3) is 0 Å². The van der Waals surface area contributed by atoms with Gasteiger partial charge in [-0.25, -0.2) is 9.18 Å². The van der Waals surface area contributed by atoms with Gasteiger partial charge in [0.2, 0.25) is 0 Å². The minimum atomic E-state index is -1.13. The van der Waals surface area contributed by atoms with E-state index < -0.39 is 11.8 Å². The smallest absolute Gasteiger partial charge is 0.335 e. The molecule has 1 aliphatic carbocycles. The summed E-state index contributed by atoms with van der Waals surface area (Å²) in [5.74, 6) is -1.17. The number of carboxylic acids is 1. The van der Waals surface area contributed by atoms with Gasteiger partial charge in [-0.3, -0.25) is 0 Å². The molecule has 1 aromatic rings. The van der Waals surface area contributed by atoms with E-state index in [4.69, 9.17) is 9.84 Å². The summed E-state index contributed by atoms with van der Waals surface area (Å²) in [6.07, 6.45) is 4.36. The summed E-state index contributed by atoms with van der Waals surface area (Å²) in [7, 11) is 0. The molecule has 0 saturated heterocycles. The van der Waals surface area contributed by atoms with E-state index in [1.807, 2.05) is 0 Å². The number of aromatic carboxylic acids is 1. The van der Waals surface area contributed by atoms with Gasteiger partial charge in [-0.1, -0.05) is 13.3 Å². The minimum absolute atomic E-state index is 0.0314. The normalized spacial score (nSPS) is 23.7. The van der Waals surface area contributed by atoms with Crippen LogP contribution >= 0.6 is 0 Å². The molecule has 1 N–H and O–H groups in total. The molecule has 1 aromatic carbocycles. The molecule has 1 fully saturated rings. The van der Waals surface area contributed by atoms with Crippen molar-refractivity contribution in [2.75, 3.05) is 0 Å². The van der Waals surface area contributed by atoms with Gasteiger partial charge in [-0.2, -0.15) is 0 Å². The van der Waals surface area contributed by atoms with Gasteiger partial charge >= 0.3 is 5.97 Å². The van der Waals surface area contributed by atoms with E-state index in [9.17, 15) is 9.18 Å². The van der Waals surface area contributed by atoms with Crippen molar-refractivity contribution in [2.45, 2.75) is 38.7 Å². The first-order valence-electron chi connectivity index (χ1n) is 6.27. The van der Waals surface area contributed by atoms with E-state index in [2.05, 4.69) is 6.92 Å². The Hall–Kier alpha value is -1.58. The summed E-state index contributed by atoms with van der Waals surface area (Å²) >= 11 is 0. The maximum atomic E-state index is 13.7. The molecular weight excluding hydrogens is 235 g/mol. The number of carbonyl (C=O) groups is 1. The molecule has 18 heavy (non-hydrogen) atoms. The Morgan fingerprint density at radius 2 is 2.11 bits per heavy atom. The number of ether oxygens (including phenoxy) is 1. The van der Waals surface area contributed by atoms with Crippen molar-refractivity contribution in [3.8, 4) is 5.75 Å². The zero-order valence-corrected chi connectivity index (χ0v) is 10.4. The van der Waals surface area contributed by atoms with Crippen molar-refractivity contribution < 1.29 is 19.0 Å². The van der Waals surface area contributed by atoms with Crippen LogP contribution in [0.25, 0.3) is 0 Å². The fourth-order valence-electron chi connectivity index (χ4n) is 2.35. The van der Waals surface area contributed by atoms with Crippen LogP contribution < -0.4 is 4.74 Å². The number of carboxylic acid groups (broad SMARTS) is 1. The Bertz CT molecular complexity index is 445. The molecular formula is C14H17FO3. The van der Waals surface area contributed by atoms with Gasteiger partial charge in [-0.05, 0) is 43.4 Å². The third-order valence-corrected chi connectivity index (χ3v) is 3.49. The summed E-state index contributed by atoms with van der Waals surface area (Å²) in [6, 6.07) is 3.78. The van der Waals surface area contributed by atoms with Crippen LogP contribution in [0.5, 0.6) is 5.75 Å². The van der Waals surface area contributed by atoms with Crippen LogP contribution in [0.1, 0.15) is 43.0 Å². The average Bonchev–Trinajstić information content (AvgIpc) is 2.34. The van der Waals surface area contributed by atoms with Crippen LogP contribution in [0.15, 0.2) is 18.2 Å². The van der Waals surface area contributed by atoms with Gasteiger partial charge in [0.1, 0.15) is 6.10 Å². The molecule has 0 heterocycles. The highest BCUT2D eigenvalue weighted by Crippen LogP contribution is 2.29. The molecule has 4 heteroatoms. The molecule has 2 rings (SSSR count). The van der Waals surface area contributed by atoms with Crippen LogP contribution in [0.3, 0.4) is 0 Å². The van der Waals surface area contributed by atoms with E-state index >= 15 is 0 Å². The molecule has 0 bridgehead atoms. The summed E-state index contributed by atoms with van der Waals surface area (Å²) in [6.45, 7) is 2.10. The molecule has 1 saturated carbocycles. The number of benzene rings is 1. The number of rotatable bonds is 3. The standard InChI is InChI=1S/C14H17FO3/c1-9-4-2-3-5-12(9)18-13-7-6-10(14(16)17)8-11(13)15/h6-9,12H,2-5H2,1H3,(H,16,17). The zero-order valence-electron chi connectivity index (χ0n) is 10.4. The van der Waals surface area contributed by atoms with Gasteiger partial charge in [0.15, 0.2) is 11.6 Å². The van der Waals surface area contributed by atoms with Crippen LogP contribution in [0.4, 0.5) is 4.39 Å². The molecule has 2 unspecified atom stereocenters. The first kappa shape index (κ1) is 12.9. The maximum absolute atomic E-state index is 13.7. The Labute approximate surface area is 106 Å². The van der Waals surface area contributed by atoms with Crippen LogP contribution in [0, 0.1) is 11.7 Å². The van der Waals surface area contributed by atoms with E-state index in [0.29, 0.717) is 5.92 Å². The fraction of sp³-hybridized carbons (Fsp3) is 0.500. The largest absolute Gasteiger partial charge is 0.487 e. The third-order valence-electron chi connectivity index (χ3n) is 3.49. The Balaban J connectivity index is 2.11. The lowest BCUT2D eigenvalue weighted by atomic mass is 9.88. The van der Waals surface area contributed by atoms with Crippen molar-refractivity contribution in [3.05, 3.63) is 29.6 Å². The number of hydrogen-bond donors (Lipinski definition) is 1. The second-order valence-electron chi connectivity index (χ2n) is 4.87. The first-order valence-corrected chi connectivity index (χ1v) is 6.27. The topological polar surface area (TPSA) is 46.5 Å².